The lowest BCUT2D eigenvalue weighted by molar-refractivity contribution is 0.0783. The molecule has 4 rings (SSSR count). The van der Waals surface area contributed by atoms with E-state index in [1.165, 1.54) is 0 Å². The lowest BCUT2D eigenvalue weighted by Crippen LogP contribution is -2.27. The van der Waals surface area contributed by atoms with E-state index < -0.39 is 0 Å². The molecule has 0 saturated carbocycles. The van der Waals surface area contributed by atoms with Crippen molar-refractivity contribution in [3.63, 3.8) is 0 Å². The quantitative estimate of drug-likeness (QED) is 0.713. The zero-order valence-corrected chi connectivity index (χ0v) is 15.9. The van der Waals surface area contributed by atoms with E-state index in [4.69, 9.17) is 9.47 Å². The summed E-state index contributed by atoms with van der Waals surface area (Å²) in [6.07, 6.45) is 0. The zero-order valence-electron chi connectivity index (χ0n) is 15.9. The van der Waals surface area contributed by atoms with E-state index >= 15 is 0 Å². The summed E-state index contributed by atoms with van der Waals surface area (Å²) < 4.78 is 12.9. The highest BCUT2D eigenvalue weighted by atomic mass is 16.6. The lowest BCUT2D eigenvalue weighted by atomic mass is 10.1. The number of nitrogens with zero attached hydrogens (tertiary/aromatic N) is 4. The van der Waals surface area contributed by atoms with Gasteiger partial charge in [-0.1, -0.05) is 6.07 Å². The van der Waals surface area contributed by atoms with Gasteiger partial charge in [0.1, 0.15) is 13.2 Å². The number of aromatic nitrogens is 3. The maximum Gasteiger partial charge on any atom is 0.255 e. The molecule has 3 aromatic rings. The molecular formula is C20H22N4O3. The summed E-state index contributed by atoms with van der Waals surface area (Å²) >= 11 is 0. The molecule has 0 fully saturated rings. The number of benzene rings is 1. The van der Waals surface area contributed by atoms with Crippen LogP contribution >= 0.6 is 0 Å². The van der Waals surface area contributed by atoms with Gasteiger partial charge in [-0.15, -0.1) is 0 Å². The molecular weight excluding hydrogens is 344 g/mol. The van der Waals surface area contributed by atoms with Crippen molar-refractivity contribution in [1.29, 1.82) is 0 Å². The van der Waals surface area contributed by atoms with Gasteiger partial charge in [0.25, 0.3) is 5.91 Å². The number of pyridine rings is 1. The fourth-order valence-electron chi connectivity index (χ4n) is 3.39. The smallest absolute Gasteiger partial charge is 0.255 e. The standard InChI is InChI=1S/C20H22N4O3/c1-12-16(10-15-13(2)22-24(4)19(15)21-12)20(25)23(3)11-14-5-6-17-18(9-14)27-8-7-26-17/h5-6,9-10H,7-8,11H2,1-4H3. The second kappa shape index (κ2) is 6.57. The van der Waals surface area contributed by atoms with Gasteiger partial charge in [-0.25, -0.2) is 4.98 Å². The van der Waals surface area contributed by atoms with Crippen molar-refractivity contribution in [2.24, 2.45) is 7.05 Å². The van der Waals surface area contributed by atoms with Gasteiger partial charge < -0.3 is 14.4 Å². The molecule has 7 heteroatoms. The molecule has 0 aliphatic carbocycles. The Morgan fingerprint density at radius 3 is 2.67 bits per heavy atom. The number of aryl methyl sites for hydroxylation is 3. The highest BCUT2D eigenvalue weighted by molar-refractivity contribution is 5.98. The van der Waals surface area contributed by atoms with E-state index in [2.05, 4.69) is 10.1 Å². The fourth-order valence-corrected chi connectivity index (χ4v) is 3.39. The second-order valence-electron chi connectivity index (χ2n) is 6.84. The first-order valence-corrected chi connectivity index (χ1v) is 8.89. The summed E-state index contributed by atoms with van der Waals surface area (Å²) in [5, 5.41) is 5.29. The van der Waals surface area contributed by atoms with Crippen molar-refractivity contribution in [3.05, 3.63) is 46.8 Å². The van der Waals surface area contributed by atoms with Crippen molar-refractivity contribution in [1.82, 2.24) is 19.7 Å². The number of hydrogen-bond acceptors (Lipinski definition) is 5. The lowest BCUT2D eigenvalue weighted by Gasteiger charge is -2.21. The molecule has 0 atom stereocenters. The largest absolute Gasteiger partial charge is 0.486 e. The molecule has 0 saturated heterocycles. The third kappa shape index (κ3) is 3.09. The van der Waals surface area contributed by atoms with Crippen molar-refractivity contribution < 1.29 is 14.3 Å². The maximum atomic E-state index is 13.0. The van der Waals surface area contributed by atoms with Crippen molar-refractivity contribution in [2.75, 3.05) is 20.3 Å². The Labute approximate surface area is 157 Å². The van der Waals surface area contributed by atoms with E-state index in [0.717, 1.165) is 33.8 Å². The summed E-state index contributed by atoms with van der Waals surface area (Å²) in [5.41, 5.74) is 3.93. The first-order valence-electron chi connectivity index (χ1n) is 8.89. The number of carbonyl (C=O) groups excluding carboxylic acids is 1. The van der Waals surface area contributed by atoms with Crippen LogP contribution in [-0.4, -0.2) is 45.8 Å². The van der Waals surface area contributed by atoms with E-state index in [1.807, 2.05) is 45.2 Å². The summed E-state index contributed by atoms with van der Waals surface area (Å²) in [6, 6.07) is 7.66. The van der Waals surface area contributed by atoms with Gasteiger partial charge in [0, 0.05) is 26.0 Å². The number of fused-ring (bicyclic) bond motifs is 2. The Balaban J connectivity index is 1.60. The predicted molar refractivity (Wildman–Crippen MR) is 101 cm³/mol. The molecule has 140 valence electrons. The molecule has 3 heterocycles. The van der Waals surface area contributed by atoms with Crippen LogP contribution < -0.4 is 9.47 Å². The van der Waals surface area contributed by atoms with Crippen LogP contribution in [0.3, 0.4) is 0 Å². The third-order valence-electron chi connectivity index (χ3n) is 4.79. The van der Waals surface area contributed by atoms with Crippen molar-refractivity contribution in [2.45, 2.75) is 20.4 Å². The van der Waals surface area contributed by atoms with Gasteiger partial charge in [-0.05, 0) is 37.6 Å². The molecule has 27 heavy (non-hydrogen) atoms. The van der Waals surface area contributed by atoms with Crippen molar-refractivity contribution in [3.8, 4) is 11.5 Å². The van der Waals surface area contributed by atoms with Crippen LogP contribution in [0.2, 0.25) is 0 Å². The topological polar surface area (TPSA) is 69.5 Å². The van der Waals surface area contributed by atoms with Crippen molar-refractivity contribution >= 4 is 16.9 Å². The Hall–Kier alpha value is -3.09. The second-order valence-corrected chi connectivity index (χ2v) is 6.84. The number of amides is 1. The van der Waals surface area contributed by atoms with Crippen LogP contribution in [0.1, 0.15) is 27.3 Å². The first kappa shape index (κ1) is 17.3. The number of carbonyl (C=O) groups is 1. The molecule has 0 unspecified atom stereocenters. The van der Waals surface area contributed by atoms with Gasteiger partial charge in [-0.2, -0.15) is 5.10 Å². The number of ether oxygens (including phenoxy) is 2. The Morgan fingerprint density at radius 1 is 1.15 bits per heavy atom. The maximum absolute atomic E-state index is 13.0. The van der Waals surface area contributed by atoms with E-state index in [-0.39, 0.29) is 5.91 Å². The molecule has 0 N–H and O–H groups in total. The molecule has 1 aliphatic rings. The normalized spacial score (nSPS) is 13.0. The highest BCUT2D eigenvalue weighted by Gasteiger charge is 2.19. The minimum absolute atomic E-state index is 0.0694. The van der Waals surface area contributed by atoms with Crippen LogP contribution in [0.4, 0.5) is 0 Å². The number of rotatable bonds is 3. The molecule has 0 bridgehead atoms. The van der Waals surface area contributed by atoms with E-state index in [1.54, 1.807) is 16.6 Å². The molecule has 7 nitrogen and oxygen atoms in total. The van der Waals surface area contributed by atoms with E-state index in [9.17, 15) is 4.79 Å². The van der Waals surface area contributed by atoms with Gasteiger partial charge in [0.15, 0.2) is 17.1 Å². The molecule has 1 aliphatic heterocycles. The summed E-state index contributed by atoms with van der Waals surface area (Å²) in [5.74, 6) is 1.40. The van der Waals surface area contributed by atoms with Gasteiger partial charge >= 0.3 is 0 Å². The van der Waals surface area contributed by atoms with Crippen LogP contribution in [-0.2, 0) is 13.6 Å². The van der Waals surface area contributed by atoms with Crippen LogP contribution in [0.5, 0.6) is 11.5 Å². The van der Waals surface area contributed by atoms with Gasteiger partial charge in [0.2, 0.25) is 0 Å². The Kier molecular flexibility index (Phi) is 4.22. The average Bonchev–Trinajstić information content (AvgIpc) is 2.93. The minimum atomic E-state index is -0.0694. The molecule has 1 amide bonds. The summed E-state index contributed by atoms with van der Waals surface area (Å²) in [7, 11) is 3.65. The summed E-state index contributed by atoms with van der Waals surface area (Å²) in [6.45, 7) is 5.35. The zero-order chi connectivity index (χ0) is 19.1. The number of hydrogen-bond donors (Lipinski definition) is 0. The average molecular weight is 366 g/mol. The van der Waals surface area contributed by atoms with Gasteiger partial charge in [-0.3, -0.25) is 9.48 Å². The SMILES string of the molecule is Cc1nc2c(cc1C(=O)N(C)Cc1ccc3c(c1)OCCO3)c(C)nn2C. The summed E-state index contributed by atoms with van der Waals surface area (Å²) in [4.78, 5) is 19.3. The Morgan fingerprint density at radius 2 is 1.89 bits per heavy atom. The highest BCUT2D eigenvalue weighted by Crippen LogP contribution is 2.31. The molecule has 2 aromatic heterocycles. The first-order chi connectivity index (χ1) is 12.9. The minimum Gasteiger partial charge on any atom is -0.486 e. The monoisotopic (exact) mass is 366 g/mol. The van der Waals surface area contributed by atoms with Crippen LogP contribution in [0.15, 0.2) is 24.3 Å². The predicted octanol–water partition coefficient (Wildman–Crippen LogP) is 2.63. The molecule has 1 aromatic carbocycles. The fraction of sp³-hybridized carbons (Fsp3) is 0.350. The van der Waals surface area contributed by atoms with Gasteiger partial charge in [0.05, 0.1) is 17.0 Å². The molecule has 0 spiro atoms. The third-order valence-corrected chi connectivity index (χ3v) is 4.79. The Bertz CT molecular complexity index is 1040. The molecule has 0 radical (unpaired) electrons. The van der Waals surface area contributed by atoms with Crippen LogP contribution in [0, 0.1) is 13.8 Å². The van der Waals surface area contributed by atoms with Crippen LogP contribution in [0.25, 0.3) is 11.0 Å². The van der Waals surface area contributed by atoms with E-state index in [0.29, 0.717) is 31.0 Å².